The van der Waals surface area contributed by atoms with Gasteiger partial charge in [-0.15, -0.1) is 0 Å². The third kappa shape index (κ3) is 6.18. The van der Waals surface area contributed by atoms with Crippen molar-refractivity contribution < 1.29 is 4.74 Å². The predicted octanol–water partition coefficient (Wildman–Crippen LogP) is 5.33. The molecular weight excluding hydrogens is 294 g/mol. The number of rotatable bonds is 6. The molecule has 1 aliphatic heterocycles. The molecule has 124 valence electrons. The van der Waals surface area contributed by atoms with Crippen LogP contribution in [0.3, 0.4) is 0 Å². The number of ether oxygens (including phenoxy) is 1. The van der Waals surface area contributed by atoms with Crippen molar-refractivity contribution in [2.45, 2.75) is 64.9 Å². The summed E-state index contributed by atoms with van der Waals surface area (Å²) in [6.07, 6.45) is 9.09. The number of nitrogens with zero attached hydrogens (tertiary/aromatic N) is 1. The fourth-order valence-electron chi connectivity index (χ4n) is 2.67. The fraction of sp³-hybridized carbons (Fsp3) is 0.684. The highest BCUT2D eigenvalue weighted by Gasteiger charge is 2.24. The van der Waals surface area contributed by atoms with E-state index in [1.54, 1.807) is 0 Å². The fourth-order valence-corrected chi connectivity index (χ4v) is 2.92. The van der Waals surface area contributed by atoms with Crippen molar-refractivity contribution in [3.05, 3.63) is 28.8 Å². The SMILES string of the molecule is CCC.Clc1cc(CCCN2CCCC2)ccc1OC1CC1. The first-order valence-corrected chi connectivity index (χ1v) is 9.28. The maximum absolute atomic E-state index is 6.27. The summed E-state index contributed by atoms with van der Waals surface area (Å²) in [5, 5.41) is 0.769. The summed E-state index contributed by atoms with van der Waals surface area (Å²) in [5.74, 6) is 0.854. The van der Waals surface area contributed by atoms with Gasteiger partial charge >= 0.3 is 0 Å². The van der Waals surface area contributed by atoms with Crippen molar-refractivity contribution in [1.29, 1.82) is 0 Å². The van der Waals surface area contributed by atoms with Crippen LogP contribution in [0.15, 0.2) is 18.2 Å². The molecule has 0 unspecified atom stereocenters. The Morgan fingerprint density at radius 1 is 1.18 bits per heavy atom. The molecule has 1 saturated heterocycles. The van der Waals surface area contributed by atoms with Crippen LogP contribution in [0, 0.1) is 0 Å². The minimum Gasteiger partial charge on any atom is -0.489 e. The summed E-state index contributed by atoms with van der Waals surface area (Å²) in [5.41, 5.74) is 1.33. The predicted molar refractivity (Wildman–Crippen MR) is 95.1 cm³/mol. The lowest BCUT2D eigenvalue weighted by atomic mass is 10.1. The van der Waals surface area contributed by atoms with Gasteiger partial charge in [-0.05, 0) is 75.9 Å². The minimum absolute atomic E-state index is 0.415. The molecule has 1 aromatic carbocycles. The molecule has 1 heterocycles. The second-order valence-corrected chi connectivity index (χ2v) is 6.85. The largest absolute Gasteiger partial charge is 0.489 e. The van der Waals surface area contributed by atoms with Gasteiger partial charge in [0, 0.05) is 0 Å². The maximum atomic E-state index is 6.27. The minimum atomic E-state index is 0.415. The molecule has 2 aliphatic rings. The summed E-state index contributed by atoms with van der Waals surface area (Å²) < 4.78 is 5.76. The summed E-state index contributed by atoms with van der Waals surface area (Å²) in [4.78, 5) is 2.56. The van der Waals surface area contributed by atoms with E-state index in [2.05, 4.69) is 30.9 Å². The van der Waals surface area contributed by atoms with Crippen LogP contribution in [-0.4, -0.2) is 30.6 Å². The summed E-state index contributed by atoms with van der Waals surface area (Å²) in [6.45, 7) is 8.04. The van der Waals surface area contributed by atoms with Gasteiger partial charge in [0.15, 0.2) is 0 Å². The maximum Gasteiger partial charge on any atom is 0.138 e. The summed E-state index contributed by atoms with van der Waals surface area (Å²) >= 11 is 6.27. The van der Waals surface area contributed by atoms with Gasteiger partial charge in [-0.3, -0.25) is 0 Å². The highest BCUT2D eigenvalue weighted by Crippen LogP contribution is 2.32. The molecule has 0 spiro atoms. The standard InChI is InChI=1S/C16H22ClNO.C3H8/c17-15-12-13(4-3-11-18-9-1-2-10-18)5-8-16(15)19-14-6-7-14;1-3-2/h5,8,12,14H,1-4,6-7,9-11H2;3H2,1-2H3. The molecular formula is C19H30ClNO. The van der Waals surface area contributed by atoms with Gasteiger partial charge in [0.25, 0.3) is 0 Å². The van der Waals surface area contributed by atoms with Crippen LogP contribution >= 0.6 is 11.6 Å². The smallest absolute Gasteiger partial charge is 0.138 e. The number of likely N-dealkylation sites (tertiary alicyclic amines) is 1. The first kappa shape index (κ1) is 17.6. The van der Waals surface area contributed by atoms with Gasteiger partial charge in [-0.1, -0.05) is 37.9 Å². The average molecular weight is 324 g/mol. The first-order chi connectivity index (χ1) is 10.7. The van der Waals surface area contributed by atoms with Crippen molar-refractivity contribution in [2.24, 2.45) is 0 Å². The molecule has 0 radical (unpaired) electrons. The number of aryl methyl sites for hydroxylation is 1. The van der Waals surface area contributed by atoms with E-state index in [0.717, 1.165) is 17.2 Å². The average Bonchev–Trinajstić information content (AvgIpc) is 3.16. The van der Waals surface area contributed by atoms with E-state index in [0.29, 0.717) is 6.10 Å². The lowest BCUT2D eigenvalue weighted by Gasteiger charge is -2.14. The van der Waals surface area contributed by atoms with Gasteiger partial charge in [-0.25, -0.2) is 0 Å². The van der Waals surface area contributed by atoms with Crippen LogP contribution in [0.4, 0.5) is 0 Å². The number of halogens is 1. The lowest BCUT2D eigenvalue weighted by Crippen LogP contribution is -2.20. The molecule has 2 fully saturated rings. The van der Waals surface area contributed by atoms with E-state index in [9.17, 15) is 0 Å². The monoisotopic (exact) mass is 323 g/mol. The Kier molecular flexibility index (Phi) is 7.54. The van der Waals surface area contributed by atoms with E-state index in [-0.39, 0.29) is 0 Å². The molecule has 0 N–H and O–H groups in total. The molecule has 2 nitrogen and oxygen atoms in total. The third-order valence-electron chi connectivity index (χ3n) is 3.95. The van der Waals surface area contributed by atoms with Crippen LogP contribution < -0.4 is 4.74 Å². The van der Waals surface area contributed by atoms with Gasteiger partial charge in [0.2, 0.25) is 0 Å². The highest BCUT2D eigenvalue weighted by atomic mass is 35.5. The number of hydrogen-bond acceptors (Lipinski definition) is 2. The van der Waals surface area contributed by atoms with Crippen molar-refractivity contribution >= 4 is 11.6 Å². The molecule has 22 heavy (non-hydrogen) atoms. The zero-order chi connectivity index (χ0) is 15.8. The van der Waals surface area contributed by atoms with Gasteiger partial charge in [-0.2, -0.15) is 0 Å². The Labute approximate surface area is 140 Å². The van der Waals surface area contributed by atoms with E-state index in [4.69, 9.17) is 16.3 Å². The molecule has 0 atom stereocenters. The highest BCUT2D eigenvalue weighted by molar-refractivity contribution is 6.32. The van der Waals surface area contributed by atoms with Crippen LogP contribution in [0.5, 0.6) is 5.75 Å². The molecule has 1 aromatic rings. The lowest BCUT2D eigenvalue weighted by molar-refractivity contribution is 0.303. The van der Waals surface area contributed by atoms with Crippen LogP contribution in [0.2, 0.25) is 5.02 Å². The summed E-state index contributed by atoms with van der Waals surface area (Å²) in [6, 6.07) is 6.27. The zero-order valence-corrected chi connectivity index (χ0v) is 14.9. The number of hydrogen-bond donors (Lipinski definition) is 0. The Hall–Kier alpha value is -0.730. The molecule has 0 aromatic heterocycles. The Balaban J connectivity index is 0.000000545. The van der Waals surface area contributed by atoms with Crippen LogP contribution in [0.25, 0.3) is 0 Å². The first-order valence-electron chi connectivity index (χ1n) is 8.90. The van der Waals surface area contributed by atoms with E-state index >= 15 is 0 Å². The Bertz CT molecular complexity index is 439. The molecule has 0 bridgehead atoms. The molecule has 1 aliphatic carbocycles. The molecule has 0 amide bonds. The second kappa shape index (κ2) is 9.42. The van der Waals surface area contributed by atoms with Crippen LogP contribution in [0.1, 0.15) is 57.9 Å². The van der Waals surface area contributed by atoms with Crippen molar-refractivity contribution in [1.82, 2.24) is 4.90 Å². The van der Waals surface area contributed by atoms with Crippen molar-refractivity contribution in [3.8, 4) is 5.75 Å². The van der Waals surface area contributed by atoms with E-state index in [1.165, 1.54) is 63.7 Å². The van der Waals surface area contributed by atoms with Gasteiger partial charge in [0.1, 0.15) is 5.75 Å². The quantitative estimate of drug-likeness (QED) is 0.702. The molecule has 1 saturated carbocycles. The van der Waals surface area contributed by atoms with Gasteiger partial charge in [0.05, 0.1) is 11.1 Å². The Morgan fingerprint density at radius 2 is 1.86 bits per heavy atom. The topological polar surface area (TPSA) is 12.5 Å². The van der Waals surface area contributed by atoms with Crippen molar-refractivity contribution in [3.63, 3.8) is 0 Å². The van der Waals surface area contributed by atoms with Gasteiger partial charge < -0.3 is 9.64 Å². The third-order valence-corrected chi connectivity index (χ3v) is 4.25. The normalized spacial score (nSPS) is 18.0. The zero-order valence-electron chi connectivity index (χ0n) is 14.1. The van der Waals surface area contributed by atoms with E-state index in [1.807, 2.05) is 6.07 Å². The summed E-state index contributed by atoms with van der Waals surface area (Å²) in [7, 11) is 0. The second-order valence-electron chi connectivity index (χ2n) is 6.44. The number of benzene rings is 1. The van der Waals surface area contributed by atoms with E-state index < -0.39 is 0 Å². The Morgan fingerprint density at radius 3 is 2.45 bits per heavy atom. The molecule has 3 heteroatoms. The van der Waals surface area contributed by atoms with Crippen molar-refractivity contribution in [2.75, 3.05) is 19.6 Å². The molecule has 3 rings (SSSR count). The van der Waals surface area contributed by atoms with Crippen LogP contribution in [-0.2, 0) is 6.42 Å².